The molecule has 0 spiro atoms. The number of hydrogen-bond acceptors (Lipinski definition) is 4. The molecule has 19 heavy (non-hydrogen) atoms. The molecule has 0 N–H and O–H groups in total. The second-order valence-corrected chi connectivity index (χ2v) is 6.41. The molecule has 100 valence electrons. The Balaban J connectivity index is 2.34. The largest absolute Gasteiger partial charge is 0.457 e. The lowest BCUT2D eigenvalue weighted by Gasteiger charge is -2.07. The zero-order chi connectivity index (χ0) is 14.0. The van der Waals surface area contributed by atoms with E-state index in [1.807, 2.05) is 13.0 Å². The standard InChI is InChI=1S/C14H14O4S/c1-10-3-6-14(11(2)7-10)19(16,17)9-13-5-4-12(8-15)18-13/h3-8H,9H2,1-2H3. The molecule has 2 aromatic rings. The molecule has 5 heteroatoms. The van der Waals surface area contributed by atoms with Gasteiger partial charge in [-0.2, -0.15) is 0 Å². The first kappa shape index (κ1) is 13.5. The van der Waals surface area contributed by atoms with E-state index < -0.39 is 9.84 Å². The van der Waals surface area contributed by atoms with E-state index in [2.05, 4.69) is 0 Å². The highest BCUT2D eigenvalue weighted by atomic mass is 32.2. The van der Waals surface area contributed by atoms with Crippen molar-refractivity contribution in [1.82, 2.24) is 0 Å². The van der Waals surface area contributed by atoms with Crippen LogP contribution in [0.4, 0.5) is 0 Å². The fourth-order valence-electron chi connectivity index (χ4n) is 1.95. The Morgan fingerprint density at radius 2 is 1.89 bits per heavy atom. The minimum Gasteiger partial charge on any atom is -0.457 e. The molecule has 0 fully saturated rings. The van der Waals surface area contributed by atoms with Gasteiger partial charge in [-0.25, -0.2) is 8.42 Å². The van der Waals surface area contributed by atoms with Crippen LogP contribution in [0.15, 0.2) is 39.6 Å². The summed E-state index contributed by atoms with van der Waals surface area (Å²) in [6.07, 6.45) is 0.549. The van der Waals surface area contributed by atoms with Gasteiger partial charge in [-0.15, -0.1) is 0 Å². The molecule has 0 aliphatic rings. The van der Waals surface area contributed by atoms with Crippen molar-refractivity contribution in [2.45, 2.75) is 24.5 Å². The quantitative estimate of drug-likeness (QED) is 0.806. The van der Waals surface area contributed by atoms with Gasteiger partial charge in [0.25, 0.3) is 0 Å². The van der Waals surface area contributed by atoms with E-state index in [1.54, 1.807) is 19.1 Å². The molecule has 0 amide bonds. The summed E-state index contributed by atoms with van der Waals surface area (Å²) in [5.74, 6) is 0.151. The first-order chi connectivity index (χ1) is 8.92. The molecule has 0 aliphatic heterocycles. The first-order valence-electron chi connectivity index (χ1n) is 5.76. The van der Waals surface area contributed by atoms with Crippen molar-refractivity contribution in [1.29, 1.82) is 0 Å². The molecule has 0 unspecified atom stereocenters. The molecular formula is C14H14O4S. The fraction of sp³-hybridized carbons (Fsp3) is 0.214. The van der Waals surface area contributed by atoms with Crippen molar-refractivity contribution in [2.75, 3.05) is 0 Å². The van der Waals surface area contributed by atoms with Crippen LogP contribution in [0.1, 0.15) is 27.4 Å². The third-order valence-corrected chi connectivity index (χ3v) is 4.59. The van der Waals surface area contributed by atoms with Gasteiger partial charge in [0.05, 0.1) is 4.90 Å². The lowest BCUT2D eigenvalue weighted by Crippen LogP contribution is -2.06. The molecule has 0 radical (unpaired) electrons. The van der Waals surface area contributed by atoms with E-state index in [0.29, 0.717) is 16.7 Å². The van der Waals surface area contributed by atoms with Crippen molar-refractivity contribution in [2.24, 2.45) is 0 Å². The maximum Gasteiger partial charge on any atom is 0.185 e. The molecule has 0 saturated heterocycles. The second kappa shape index (κ2) is 5.01. The van der Waals surface area contributed by atoms with Crippen molar-refractivity contribution in [3.63, 3.8) is 0 Å². The average molecular weight is 278 g/mol. The van der Waals surface area contributed by atoms with Crippen LogP contribution in [0.25, 0.3) is 0 Å². The Kier molecular flexibility index (Phi) is 3.57. The minimum absolute atomic E-state index is 0.130. The van der Waals surface area contributed by atoms with Crippen LogP contribution in [0.3, 0.4) is 0 Å². The van der Waals surface area contributed by atoms with Crippen LogP contribution in [0, 0.1) is 13.8 Å². The van der Waals surface area contributed by atoms with Crippen LogP contribution in [0.2, 0.25) is 0 Å². The van der Waals surface area contributed by atoms with E-state index in [-0.39, 0.29) is 17.3 Å². The molecule has 4 nitrogen and oxygen atoms in total. The highest BCUT2D eigenvalue weighted by Crippen LogP contribution is 2.21. The molecule has 1 heterocycles. The van der Waals surface area contributed by atoms with Crippen molar-refractivity contribution in [3.05, 3.63) is 53.0 Å². The Morgan fingerprint density at radius 3 is 2.47 bits per heavy atom. The van der Waals surface area contributed by atoms with Crippen molar-refractivity contribution >= 4 is 16.1 Å². The zero-order valence-corrected chi connectivity index (χ0v) is 11.5. The predicted molar refractivity (Wildman–Crippen MR) is 70.9 cm³/mol. The monoisotopic (exact) mass is 278 g/mol. The maximum atomic E-state index is 12.3. The fourth-order valence-corrected chi connectivity index (χ4v) is 3.46. The van der Waals surface area contributed by atoms with Crippen LogP contribution >= 0.6 is 0 Å². The second-order valence-electron chi connectivity index (χ2n) is 4.45. The van der Waals surface area contributed by atoms with E-state index in [0.717, 1.165) is 5.56 Å². The number of sulfone groups is 1. The Labute approximate surface area is 112 Å². The molecule has 1 aromatic heterocycles. The van der Waals surface area contributed by atoms with Gasteiger partial charge in [-0.05, 0) is 37.6 Å². The number of furan rings is 1. The van der Waals surface area contributed by atoms with Gasteiger partial charge < -0.3 is 4.42 Å². The molecule has 2 rings (SSSR count). The predicted octanol–water partition coefficient (Wildman–Crippen LogP) is 2.68. The van der Waals surface area contributed by atoms with Gasteiger partial charge in [0.15, 0.2) is 21.9 Å². The highest BCUT2D eigenvalue weighted by molar-refractivity contribution is 7.90. The van der Waals surface area contributed by atoms with Crippen LogP contribution in [-0.2, 0) is 15.6 Å². The van der Waals surface area contributed by atoms with E-state index >= 15 is 0 Å². The number of rotatable bonds is 4. The number of carbonyl (C=O) groups is 1. The number of aldehydes is 1. The van der Waals surface area contributed by atoms with E-state index in [1.165, 1.54) is 12.1 Å². The normalized spacial score (nSPS) is 11.5. The van der Waals surface area contributed by atoms with E-state index in [4.69, 9.17) is 4.42 Å². The van der Waals surface area contributed by atoms with Crippen molar-refractivity contribution < 1.29 is 17.6 Å². The summed E-state index contributed by atoms with van der Waals surface area (Å²) in [4.78, 5) is 10.8. The molecule has 0 bridgehead atoms. The van der Waals surface area contributed by atoms with Crippen LogP contribution in [-0.4, -0.2) is 14.7 Å². The molecule has 1 aromatic carbocycles. The minimum atomic E-state index is -3.47. The summed E-state index contributed by atoms with van der Waals surface area (Å²) in [6, 6.07) is 8.15. The van der Waals surface area contributed by atoms with Gasteiger partial charge in [0.1, 0.15) is 11.5 Å². The third kappa shape index (κ3) is 2.93. The molecular weight excluding hydrogens is 264 g/mol. The van der Waals surface area contributed by atoms with Crippen molar-refractivity contribution in [3.8, 4) is 0 Å². The molecule has 0 aliphatic carbocycles. The Bertz CT molecular complexity index is 711. The van der Waals surface area contributed by atoms with Gasteiger partial charge in [-0.1, -0.05) is 17.7 Å². The highest BCUT2D eigenvalue weighted by Gasteiger charge is 2.19. The summed E-state index contributed by atoms with van der Waals surface area (Å²) in [5, 5.41) is 0. The smallest absolute Gasteiger partial charge is 0.185 e. The number of hydrogen-bond donors (Lipinski definition) is 0. The summed E-state index contributed by atoms with van der Waals surface area (Å²) in [5.41, 5.74) is 1.72. The summed E-state index contributed by atoms with van der Waals surface area (Å²) in [7, 11) is -3.47. The summed E-state index contributed by atoms with van der Waals surface area (Å²) >= 11 is 0. The third-order valence-electron chi connectivity index (χ3n) is 2.80. The summed E-state index contributed by atoms with van der Waals surface area (Å²) in [6.45, 7) is 3.67. The maximum absolute atomic E-state index is 12.3. The number of benzene rings is 1. The van der Waals surface area contributed by atoms with Gasteiger partial charge >= 0.3 is 0 Å². The number of aryl methyl sites for hydroxylation is 2. The lowest BCUT2D eigenvalue weighted by molar-refractivity contribution is 0.109. The first-order valence-corrected chi connectivity index (χ1v) is 7.41. The van der Waals surface area contributed by atoms with E-state index in [9.17, 15) is 13.2 Å². The Morgan fingerprint density at radius 1 is 1.16 bits per heavy atom. The van der Waals surface area contributed by atoms with Crippen LogP contribution < -0.4 is 0 Å². The van der Waals surface area contributed by atoms with Gasteiger partial charge in [0.2, 0.25) is 0 Å². The SMILES string of the molecule is Cc1ccc(S(=O)(=O)Cc2ccc(C=O)o2)c(C)c1. The summed E-state index contributed by atoms with van der Waals surface area (Å²) < 4.78 is 29.7. The molecule has 0 saturated carbocycles. The van der Waals surface area contributed by atoms with Gasteiger partial charge in [0, 0.05) is 0 Å². The van der Waals surface area contributed by atoms with Crippen LogP contribution in [0.5, 0.6) is 0 Å². The average Bonchev–Trinajstić information content (AvgIpc) is 2.75. The lowest BCUT2D eigenvalue weighted by atomic mass is 10.2. The Hall–Kier alpha value is -1.88. The molecule has 0 atom stereocenters. The number of carbonyl (C=O) groups excluding carboxylic acids is 1. The zero-order valence-electron chi connectivity index (χ0n) is 10.7. The topological polar surface area (TPSA) is 64.3 Å². The van der Waals surface area contributed by atoms with Gasteiger partial charge in [-0.3, -0.25) is 4.79 Å².